The van der Waals surface area contributed by atoms with Gasteiger partial charge in [0.2, 0.25) is 5.91 Å². The molecule has 0 bridgehead atoms. The number of alkyl halides is 3. The monoisotopic (exact) mass is 589 g/mol. The molecule has 1 N–H and O–H groups in total. The Balaban J connectivity index is 1.57. The maximum atomic E-state index is 13.6. The molecule has 40 heavy (non-hydrogen) atoms. The summed E-state index contributed by atoms with van der Waals surface area (Å²) < 4.78 is 44.8. The molecular weight excluding hydrogens is 567 g/mol. The predicted molar refractivity (Wildman–Crippen MR) is 148 cm³/mol. The third-order valence-corrected chi connectivity index (χ3v) is 6.94. The molecule has 0 spiro atoms. The molecule has 1 heterocycles. The van der Waals surface area contributed by atoms with Crippen LogP contribution in [-0.4, -0.2) is 47.5 Å². The number of thiocarbonyl (C=S) groups is 1. The second kappa shape index (κ2) is 12.1. The second-order valence-electron chi connectivity index (χ2n) is 8.91. The molecule has 1 aliphatic rings. The predicted octanol–water partition coefficient (Wildman–Crippen LogP) is 5.72. The van der Waals surface area contributed by atoms with Gasteiger partial charge in [-0.15, -0.1) is 0 Å². The standard InChI is InChI=1S/C28H23ClF3N3O4S/c1-39-26(38)18-7-11-21(12-8-18)33-24(36)16-23-25(37)35(22-4-2-3-19(15-22)28(30,31)32)27(40)34(23)14-13-17-5-9-20(29)10-6-17/h2-12,15,23H,13-14,16H2,1H3,(H,33,36). The number of carbonyl (C=O) groups is 3. The first-order valence-corrected chi connectivity index (χ1v) is 12.8. The van der Waals surface area contributed by atoms with Crippen molar-refractivity contribution in [3.05, 3.63) is 94.5 Å². The van der Waals surface area contributed by atoms with Crippen molar-refractivity contribution in [1.29, 1.82) is 0 Å². The van der Waals surface area contributed by atoms with E-state index in [1.54, 1.807) is 17.0 Å². The molecule has 7 nitrogen and oxygen atoms in total. The Morgan fingerprint density at radius 3 is 2.35 bits per heavy atom. The summed E-state index contributed by atoms with van der Waals surface area (Å²) in [7, 11) is 1.25. The maximum Gasteiger partial charge on any atom is 0.416 e. The van der Waals surface area contributed by atoms with Gasteiger partial charge in [0.15, 0.2) is 5.11 Å². The van der Waals surface area contributed by atoms with Crippen LogP contribution in [0.2, 0.25) is 5.02 Å². The molecule has 0 aliphatic carbocycles. The van der Waals surface area contributed by atoms with Crippen LogP contribution in [0.1, 0.15) is 27.9 Å². The molecule has 0 radical (unpaired) electrons. The zero-order valence-electron chi connectivity index (χ0n) is 21.1. The van der Waals surface area contributed by atoms with Gasteiger partial charge in [-0.05, 0) is 78.8 Å². The number of halogens is 4. The fourth-order valence-electron chi connectivity index (χ4n) is 4.24. The van der Waals surface area contributed by atoms with E-state index in [1.807, 2.05) is 12.1 Å². The summed E-state index contributed by atoms with van der Waals surface area (Å²) in [6, 6.07) is 16.3. The molecule has 208 valence electrons. The number of nitrogens with zero attached hydrogens (tertiary/aromatic N) is 2. The topological polar surface area (TPSA) is 78.9 Å². The first-order valence-electron chi connectivity index (χ1n) is 12.0. The number of amides is 2. The van der Waals surface area contributed by atoms with E-state index in [4.69, 9.17) is 23.8 Å². The van der Waals surface area contributed by atoms with E-state index in [2.05, 4.69) is 10.1 Å². The first-order chi connectivity index (χ1) is 19.0. The number of hydrogen-bond donors (Lipinski definition) is 1. The molecule has 3 aromatic carbocycles. The van der Waals surface area contributed by atoms with Crippen molar-refractivity contribution in [2.75, 3.05) is 23.9 Å². The van der Waals surface area contributed by atoms with Gasteiger partial charge >= 0.3 is 12.1 Å². The number of nitrogens with one attached hydrogen (secondary N) is 1. The smallest absolute Gasteiger partial charge is 0.416 e. The molecule has 1 atom stereocenters. The van der Waals surface area contributed by atoms with E-state index in [0.29, 0.717) is 22.7 Å². The van der Waals surface area contributed by atoms with Gasteiger partial charge in [-0.3, -0.25) is 14.5 Å². The summed E-state index contributed by atoms with van der Waals surface area (Å²) >= 11 is 11.5. The van der Waals surface area contributed by atoms with Crippen LogP contribution in [0.5, 0.6) is 0 Å². The Labute approximate surface area is 238 Å². The third-order valence-electron chi connectivity index (χ3n) is 6.27. The summed E-state index contributed by atoms with van der Waals surface area (Å²) in [6.45, 7) is 0.230. The van der Waals surface area contributed by atoms with E-state index in [-0.39, 0.29) is 23.8 Å². The molecule has 2 amide bonds. The molecular formula is C28H23ClF3N3O4S. The van der Waals surface area contributed by atoms with Crippen molar-refractivity contribution in [2.24, 2.45) is 0 Å². The summed E-state index contributed by atoms with van der Waals surface area (Å²) in [5, 5.41) is 3.23. The van der Waals surface area contributed by atoms with Crippen LogP contribution in [0.15, 0.2) is 72.8 Å². The first kappa shape index (κ1) is 29.0. The fraction of sp³-hybridized carbons (Fsp3) is 0.214. The highest BCUT2D eigenvalue weighted by Gasteiger charge is 2.44. The number of methoxy groups -OCH3 is 1. The summed E-state index contributed by atoms with van der Waals surface area (Å²) in [5.74, 6) is -1.67. The molecule has 1 unspecified atom stereocenters. The summed E-state index contributed by atoms with van der Waals surface area (Å²) in [4.78, 5) is 40.8. The minimum absolute atomic E-state index is 0.00137. The number of esters is 1. The Morgan fingerprint density at radius 2 is 1.73 bits per heavy atom. The van der Waals surface area contributed by atoms with Crippen LogP contribution in [0.3, 0.4) is 0 Å². The quantitative estimate of drug-likeness (QED) is 0.268. The van der Waals surface area contributed by atoms with Crippen LogP contribution in [0.25, 0.3) is 0 Å². The number of hydrogen-bond acceptors (Lipinski definition) is 5. The largest absolute Gasteiger partial charge is 0.465 e. The summed E-state index contributed by atoms with van der Waals surface area (Å²) in [6.07, 6.45) is -4.49. The van der Waals surface area contributed by atoms with Crippen molar-refractivity contribution in [3.8, 4) is 0 Å². The molecule has 12 heteroatoms. The average molecular weight is 590 g/mol. The van der Waals surface area contributed by atoms with Crippen molar-refractivity contribution < 1.29 is 32.3 Å². The Hall–Kier alpha value is -3.96. The van der Waals surface area contributed by atoms with Gasteiger partial charge in [0.05, 0.1) is 30.3 Å². The van der Waals surface area contributed by atoms with Crippen molar-refractivity contribution in [3.63, 3.8) is 0 Å². The van der Waals surface area contributed by atoms with Crippen LogP contribution in [-0.2, 0) is 26.9 Å². The second-order valence-corrected chi connectivity index (χ2v) is 9.71. The lowest BCUT2D eigenvalue weighted by Gasteiger charge is -2.24. The van der Waals surface area contributed by atoms with E-state index in [0.717, 1.165) is 22.6 Å². The molecule has 1 saturated heterocycles. The lowest BCUT2D eigenvalue weighted by molar-refractivity contribution is -0.137. The molecule has 0 aromatic heterocycles. The zero-order valence-corrected chi connectivity index (χ0v) is 22.6. The van der Waals surface area contributed by atoms with Crippen LogP contribution in [0, 0.1) is 0 Å². The number of carbonyl (C=O) groups excluding carboxylic acids is 3. The summed E-state index contributed by atoms with van der Waals surface area (Å²) in [5.41, 5.74) is 0.605. The number of anilines is 2. The highest BCUT2D eigenvalue weighted by atomic mass is 35.5. The SMILES string of the molecule is COC(=O)c1ccc(NC(=O)CC2C(=O)N(c3cccc(C(F)(F)F)c3)C(=S)N2CCc2ccc(Cl)cc2)cc1. The molecule has 4 rings (SSSR count). The maximum absolute atomic E-state index is 13.6. The van der Waals surface area contributed by atoms with E-state index >= 15 is 0 Å². The van der Waals surface area contributed by atoms with Crippen molar-refractivity contribution >= 4 is 58.1 Å². The molecule has 3 aromatic rings. The Morgan fingerprint density at radius 1 is 1.05 bits per heavy atom. The molecule has 0 saturated carbocycles. The normalized spacial score (nSPS) is 15.4. The van der Waals surface area contributed by atoms with E-state index < -0.39 is 35.6 Å². The van der Waals surface area contributed by atoms with Gasteiger partial charge in [0, 0.05) is 17.3 Å². The minimum atomic E-state index is -4.61. The van der Waals surface area contributed by atoms with Gasteiger partial charge in [-0.1, -0.05) is 29.8 Å². The van der Waals surface area contributed by atoms with Crippen LogP contribution >= 0.6 is 23.8 Å². The van der Waals surface area contributed by atoms with Crippen LogP contribution < -0.4 is 10.2 Å². The molecule has 1 fully saturated rings. The van der Waals surface area contributed by atoms with Gasteiger partial charge in [0.1, 0.15) is 6.04 Å². The van der Waals surface area contributed by atoms with Gasteiger partial charge in [-0.25, -0.2) is 4.79 Å². The average Bonchev–Trinajstić information content (AvgIpc) is 3.16. The van der Waals surface area contributed by atoms with Crippen molar-refractivity contribution in [2.45, 2.75) is 25.1 Å². The number of benzene rings is 3. The lowest BCUT2D eigenvalue weighted by atomic mass is 10.1. The minimum Gasteiger partial charge on any atom is -0.465 e. The van der Waals surface area contributed by atoms with E-state index in [9.17, 15) is 27.6 Å². The van der Waals surface area contributed by atoms with Gasteiger partial charge < -0.3 is 15.0 Å². The van der Waals surface area contributed by atoms with Crippen LogP contribution in [0.4, 0.5) is 24.5 Å². The van der Waals surface area contributed by atoms with Gasteiger partial charge in [-0.2, -0.15) is 13.2 Å². The lowest BCUT2D eigenvalue weighted by Crippen LogP contribution is -2.39. The highest BCUT2D eigenvalue weighted by molar-refractivity contribution is 7.80. The van der Waals surface area contributed by atoms with Crippen molar-refractivity contribution in [1.82, 2.24) is 4.90 Å². The number of ether oxygens (including phenoxy) is 1. The zero-order chi connectivity index (χ0) is 29.0. The number of rotatable bonds is 8. The fourth-order valence-corrected chi connectivity index (χ4v) is 4.78. The Bertz CT molecular complexity index is 1430. The molecule has 1 aliphatic heterocycles. The Kier molecular flexibility index (Phi) is 8.75. The van der Waals surface area contributed by atoms with E-state index in [1.165, 1.54) is 43.5 Å². The third kappa shape index (κ3) is 6.60. The highest BCUT2D eigenvalue weighted by Crippen LogP contribution is 2.34. The van der Waals surface area contributed by atoms with Gasteiger partial charge in [0.25, 0.3) is 5.91 Å².